The molecular formula is C36H31ClN8. The van der Waals surface area contributed by atoms with Crippen molar-refractivity contribution in [1.29, 1.82) is 0 Å². The lowest BCUT2D eigenvalue weighted by Crippen LogP contribution is -2.33. The number of hydrogen-bond donors (Lipinski definition) is 0. The molecule has 0 atom stereocenters. The Bertz CT molecular complexity index is 2080. The molecule has 1 aliphatic heterocycles. The summed E-state index contributed by atoms with van der Waals surface area (Å²) in [5, 5.41) is 9.67. The molecule has 45 heavy (non-hydrogen) atoms. The van der Waals surface area contributed by atoms with Crippen LogP contribution in [0.4, 0.5) is 0 Å². The highest BCUT2D eigenvalue weighted by molar-refractivity contribution is 6.16. The number of fused-ring (bicyclic) bond motifs is 3. The number of benzene rings is 2. The SMILES string of the molecule is ClCc1nnc2c3cc(-c4ccccc4)c(-c4ccc(CN5CCC(n6cnc(-c7ccccn7)c6)CC5)cc4)nc3ccn12. The van der Waals surface area contributed by atoms with E-state index in [0.29, 0.717) is 11.9 Å². The highest BCUT2D eigenvalue weighted by atomic mass is 35.5. The number of halogens is 1. The van der Waals surface area contributed by atoms with Gasteiger partial charge in [0.05, 0.1) is 29.1 Å². The summed E-state index contributed by atoms with van der Waals surface area (Å²) in [7, 11) is 0. The maximum absolute atomic E-state index is 6.11. The molecule has 1 saturated heterocycles. The molecule has 0 bridgehead atoms. The molecule has 0 N–H and O–H groups in total. The second-order valence-electron chi connectivity index (χ2n) is 11.6. The second-order valence-corrected chi connectivity index (χ2v) is 11.8. The number of piperidine rings is 1. The van der Waals surface area contributed by atoms with Crippen LogP contribution in [0, 0.1) is 0 Å². The molecule has 0 amide bonds. The first-order valence-electron chi connectivity index (χ1n) is 15.3. The Labute approximate surface area is 266 Å². The van der Waals surface area contributed by atoms with Crippen LogP contribution in [0.2, 0.25) is 0 Å². The molecule has 8 nitrogen and oxygen atoms in total. The number of imidazole rings is 1. The number of likely N-dealkylation sites (tertiary alicyclic amines) is 1. The average molecular weight is 611 g/mol. The number of hydrogen-bond acceptors (Lipinski definition) is 6. The maximum atomic E-state index is 6.11. The third-order valence-electron chi connectivity index (χ3n) is 8.79. The Morgan fingerprint density at radius 1 is 0.800 bits per heavy atom. The van der Waals surface area contributed by atoms with Crippen molar-refractivity contribution in [3.63, 3.8) is 0 Å². The number of pyridine rings is 3. The zero-order valence-electron chi connectivity index (χ0n) is 24.7. The molecule has 1 fully saturated rings. The van der Waals surface area contributed by atoms with Crippen LogP contribution in [0.25, 0.3) is 50.3 Å². The summed E-state index contributed by atoms with van der Waals surface area (Å²) in [4.78, 5) is 16.8. The van der Waals surface area contributed by atoms with Gasteiger partial charge in [-0.15, -0.1) is 21.8 Å². The summed E-state index contributed by atoms with van der Waals surface area (Å²) >= 11 is 6.11. The molecule has 222 valence electrons. The van der Waals surface area contributed by atoms with Crippen molar-refractivity contribution < 1.29 is 0 Å². The molecule has 0 spiro atoms. The van der Waals surface area contributed by atoms with E-state index < -0.39 is 0 Å². The summed E-state index contributed by atoms with van der Waals surface area (Å²) in [5.41, 5.74) is 9.01. The van der Waals surface area contributed by atoms with E-state index in [1.165, 1.54) is 5.56 Å². The van der Waals surface area contributed by atoms with Gasteiger partial charge in [-0.25, -0.2) is 9.97 Å². The van der Waals surface area contributed by atoms with Gasteiger partial charge in [0.25, 0.3) is 0 Å². The fourth-order valence-electron chi connectivity index (χ4n) is 6.38. The minimum Gasteiger partial charge on any atom is -0.334 e. The molecule has 6 heterocycles. The smallest absolute Gasteiger partial charge is 0.170 e. The second kappa shape index (κ2) is 11.9. The van der Waals surface area contributed by atoms with E-state index in [-0.39, 0.29) is 0 Å². The third kappa shape index (κ3) is 5.36. The molecule has 5 aromatic heterocycles. The highest BCUT2D eigenvalue weighted by Crippen LogP contribution is 2.35. The van der Waals surface area contributed by atoms with E-state index >= 15 is 0 Å². The lowest BCUT2D eigenvalue weighted by atomic mass is 9.97. The summed E-state index contributed by atoms with van der Waals surface area (Å²) in [5.74, 6) is 1.02. The molecule has 0 radical (unpaired) electrons. The third-order valence-corrected chi connectivity index (χ3v) is 9.03. The van der Waals surface area contributed by atoms with Gasteiger partial charge >= 0.3 is 0 Å². The standard InChI is InChI=1S/C36H31ClN8/c37-21-34-41-42-36-30-20-29(26-6-2-1-3-7-26)35(40-31(30)15-19-45(34)36)27-11-9-25(10-12-27)22-43-17-13-28(14-18-43)44-23-33(39-24-44)32-8-4-5-16-38-32/h1-12,15-16,19-20,23-24,28H,13-14,17-18,21-22H2. The first-order valence-corrected chi connectivity index (χ1v) is 15.8. The van der Waals surface area contributed by atoms with Crippen molar-refractivity contribution in [2.24, 2.45) is 0 Å². The van der Waals surface area contributed by atoms with Crippen LogP contribution >= 0.6 is 11.6 Å². The van der Waals surface area contributed by atoms with Gasteiger partial charge < -0.3 is 4.57 Å². The summed E-state index contributed by atoms with van der Waals surface area (Å²) in [6, 6.07) is 29.9. The number of alkyl halides is 1. The molecule has 0 aliphatic carbocycles. The molecular weight excluding hydrogens is 580 g/mol. The van der Waals surface area contributed by atoms with E-state index in [4.69, 9.17) is 16.6 Å². The van der Waals surface area contributed by atoms with E-state index in [0.717, 1.165) is 88.6 Å². The average Bonchev–Trinajstić information content (AvgIpc) is 3.77. The Morgan fingerprint density at radius 2 is 1.62 bits per heavy atom. The van der Waals surface area contributed by atoms with Crippen LogP contribution in [0.3, 0.4) is 0 Å². The molecule has 8 rings (SSSR count). The van der Waals surface area contributed by atoms with Crippen molar-refractivity contribution in [2.45, 2.75) is 31.3 Å². The van der Waals surface area contributed by atoms with Crippen LogP contribution in [0.1, 0.15) is 30.3 Å². The van der Waals surface area contributed by atoms with Crippen molar-refractivity contribution in [3.05, 3.63) is 121 Å². The van der Waals surface area contributed by atoms with E-state index in [1.807, 2.05) is 53.5 Å². The van der Waals surface area contributed by atoms with Crippen LogP contribution in [0.15, 0.2) is 110 Å². The predicted molar refractivity (Wildman–Crippen MR) is 178 cm³/mol. The fourth-order valence-corrected chi connectivity index (χ4v) is 6.56. The first-order chi connectivity index (χ1) is 22.2. The van der Waals surface area contributed by atoms with Crippen LogP contribution < -0.4 is 0 Å². The monoisotopic (exact) mass is 610 g/mol. The van der Waals surface area contributed by atoms with Gasteiger partial charge in [-0.1, -0.05) is 60.7 Å². The minimum absolute atomic E-state index is 0.298. The zero-order valence-corrected chi connectivity index (χ0v) is 25.4. The summed E-state index contributed by atoms with van der Waals surface area (Å²) < 4.78 is 4.21. The topological polar surface area (TPSA) is 77.0 Å². The van der Waals surface area contributed by atoms with Crippen molar-refractivity contribution in [3.8, 4) is 33.8 Å². The van der Waals surface area contributed by atoms with Gasteiger partial charge in [-0.05, 0) is 48.2 Å². The lowest BCUT2D eigenvalue weighted by molar-refractivity contribution is 0.179. The fraction of sp³-hybridized carbons (Fsp3) is 0.194. The van der Waals surface area contributed by atoms with E-state index in [1.54, 1.807) is 0 Å². The summed E-state index contributed by atoms with van der Waals surface area (Å²) in [6.07, 6.45) is 10.1. The minimum atomic E-state index is 0.298. The number of rotatable bonds is 7. The molecule has 0 unspecified atom stereocenters. The molecule has 1 aliphatic rings. The molecule has 9 heteroatoms. The van der Waals surface area contributed by atoms with Gasteiger partial charge in [0.2, 0.25) is 0 Å². The first kappa shape index (κ1) is 27.6. The van der Waals surface area contributed by atoms with Crippen LogP contribution in [-0.4, -0.2) is 52.1 Å². The Kier molecular flexibility index (Phi) is 7.29. The van der Waals surface area contributed by atoms with Gasteiger partial charge in [0, 0.05) is 60.8 Å². The van der Waals surface area contributed by atoms with Crippen molar-refractivity contribution in [2.75, 3.05) is 13.1 Å². The van der Waals surface area contributed by atoms with Crippen molar-refractivity contribution in [1.82, 2.24) is 39.0 Å². The number of aromatic nitrogens is 7. The van der Waals surface area contributed by atoms with E-state index in [2.05, 4.69) is 90.4 Å². The molecule has 2 aromatic carbocycles. The Hall–Kier alpha value is -4.92. The van der Waals surface area contributed by atoms with Gasteiger partial charge in [0.1, 0.15) is 5.69 Å². The molecule has 0 saturated carbocycles. The number of nitrogens with zero attached hydrogens (tertiary/aromatic N) is 8. The quantitative estimate of drug-likeness (QED) is 0.175. The Balaban J connectivity index is 1.01. The zero-order chi connectivity index (χ0) is 30.2. The largest absolute Gasteiger partial charge is 0.334 e. The van der Waals surface area contributed by atoms with Crippen molar-refractivity contribution >= 4 is 28.2 Å². The lowest BCUT2D eigenvalue weighted by Gasteiger charge is -2.32. The van der Waals surface area contributed by atoms with Gasteiger partial charge in [0.15, 0.2) is 11.5 Å². The maximum Gasteiger partial charge on any atom is 0.170 e. The van der Waals surface area contributed by atoms with Gasteiger partial charge in [-0.2, -0.15) is 0 Å². The highest BCUT2D eigenvalue weighted by Gasteiger charge is 2.22. The Morgan fingerprint density at radius 3 is 2.40 bits per heavy atom. The summed E-state index contributed by atoms with van der Waals surface area (Å²) in [6.45, 7) is 3.04. The van der Waals surface area contributed by atoms with Crippen LogP contribution in [0.5, 0.6) is 0 Å². The molecule has 7 aromatic rings. The van der Waals surface area contributed by atoms with Crippen LogP contribution in [-0.2, 0) is 12.4 Å². The predicted octanol–water partition coefficient (Wildman–Crippen LogP) is 7.45. The van der Waals surface area contributed by atoms with Gasteiger partial charge in [-0.3, -0.25) is 14.3 Å². The normalized spacial score (nSPS) is 14.4. The van der Waals surface area contributed by atoms with E-state index in [9.17, 15) is 0 Å².